The van der Waals surface area contributed by atoms with E-state index >= 15 is 0 Å². The number of hydrogen-bond donors (Lipinski definition) is 2. The molecule has 2 atom stereocenters. The van der Waals surface area contributed by atoms with Crippen LogP contribution in [-0.2, 0) is 16.5 Å². The van der Waals surface area contributed by atoms with Gasteiger partial charge in [-0.3, -0.25) is 4.55 Å². The summed E-state index contributed by atoms with van der Waals surface area (Å²) in [7, 11) is -3.37. The molecule has 1 aromatic rings. The van der Waals surface area contributed by atoms with Gasteiger partial charge in [0.15, 0.2) is 11.5 Å². The average molecular weight is 485 g/mol. The fraction of sp³-hybridized carbons (Fsp3) is 0.769. The fourth-order valence-electron chi connectivity index (χ4n) is 6.73. The Kier molecular flexibility index (Phi) is 7.82. The predicted molar refractivity (Wildman–Crippen MR) is 132 cm³/mol. The van der Waals surface area contributed by atoms with Gasteiger partial charge in [0.2, 0.25) is 5.75 Å². The Balaban J connectivity index is 3.05. The molecular weight excluding hydrogens is 440 g/mol. The van der Waals surface area contributed by atoms with Crippen LogP contribution in [0.3, 0.4) is 0 Å². The largest absolute Gasteiger partial charge is 0.502 e. The Morgan fingerprint density at radius 2 is 1.79 bits per heavy atom. The first kappa shape index (κ1) is 27.8. The highest BCUT2D eigenvalue weighted by Gasteiger charge is 2.52. The summed E-state index contributed by atoms with van der Waals surface area (Å²) in [6, 6.07) is 0. The summed E-state index contributed by atoms with van der Waals surface area (Å²) in [6.07, 6.45) is 2.84. The molecule has 0 radical (unpaired) electrons. The number of benzene rings is 1. The molecule has 2 rings (SSSR count). The van der Waals surface area contributed by atoms with Crippen LogP contribution in [0.2, 0.25) is 0 Å². The van der Waals surface area contributed by atoms with Crippen molar-refractivity contribution in [3.8, 4) is 17.2 Å². The van der Waals surface area contributed by atoms with Gasteiger partial charge in [-0.1, -0.05) is 68.7 Å². The molecule has 0 aromatic heterocycles. The third kappa shape index (κ3) is 5.61. The number of phenolic OH excluding ortho intramolecular Hbond substituents is 1. The maximum absolute atomic E-state index is 12.6. The SMILES string of the molecule is CCCc1c2c(c(O)c(OC)c1S(=O)(=O)O)OCC(C)(CC(C)C)C2C(C)(C)CC(C)(C)C. The summed E-state index contributed by atoms with van der Waals surface area (Å²) in [5.74, 6) is -0.0246. The molecule has 0 bridgehead atoms. The van der Waals surface area contributed by atoms with Gasteiger partial charge in [0.25, 0.3) is 10.1 Å². The second kappa shape index (κ2) is 9.29. The molecule has 0 spiro atoms. The molecule has 7 heteroatoms. The number of aromatic hydroxyl groups is 1. The molecule has 33 heavy (non-hydrogen) atoms. The average Bonchev–Trinajstić information content (AvgIpc) is 2.59. The van der Waals surface area contributed by atoms with E-state index in [9.17, 15) is 18.1 Å². The maximum atomic E-state index is 12.6. The van der Waals surface area contributed by atoms with Gasteiger partial charge in [-0.05, 0) is 41.6 Å². The van der Waals surface area contributed by atoms with E-state index in [1.807, 2.05) is 6.92 Å². The van der Waals surface area contributed by atoms with Crippen LogP contribution in [0.1, 0.15) is 98.6 Å². The van der Waals surface area contributed by atoms with E-state index in [0.717, 1.165) is 12.8 Å². The van der Waals surface area contributed by atoms with Gasteiger partial charge in [0.1, 0.15) is 4.90 Å². The van der Waals surface area contributed by atoms with E-state index in [2.05, 4.69) is 55.4 Å². The third-order valence-corrected chi connectivity index (χ3v) is 7.56. The first-order valence-corrected chi connectivity index (χ1v) is 13.4. The van der Waals surface area contributed by atoms with E-state index in [1.165, 1.54) is 7.11 Å². The van der Waals surface area contributed by atoms with Crippen molar-refractivity contribution in [2.45, 2.75) is 98.8 Å². The van der Waals surface area contributed by atoms with Gasteiger partial charge in [0, 0.05) is 16.9 Å². The molecule has 190 valence electrons. The number of phenols is 1. The van der Waals surface area contributed by atoms with Crippen LogP contribution in [-0.4, -0.2) is 31.8 Å². The molecule has 1 aliphatic heterocycles. The molecular formula is C26H44O6S. The highest BCUT2D eigenvalue weighted by atomic mass is 32.2. The van der Waals surface area contributed by atoms with Crippen molar-refractivity contribution in [2.24, 2.45) is 22.2 Å². The second-order valence-electron chi connectivity index (χ2n) is 12.4. The molecule has 0 aliphatic carbocycles. The summed E-state index contributed by atoms with van der Waals surface area (Å²) in [5, 5.41) is 11.1. The lowest BCUT2D eigenvalue weighted by Crippen LogP contribution is -2.46. The normalized spacial score (nSPS) is 21.6. The van der Waals surface area contributed by atoms with Crippen LogP contribution < -0.4 is 9.47 Å². The lowest BCUT2D eigenvalue weighted by atomic mass is 9.54. The molecule has 6 nitrogen and oxygen atoms in total. The maximum Gasteiger partial charge on any atom is 0.298 e. The Morgan fingerprint density at radius 1 is 1.21 bits per heavy atom. The first-order valence-electron chi connectivity index (χ1n) is 12.0. The van der Waals surface area contributed by atoms with Gasteiger partial charge in [-0.15, -0.1) is 0 Å². The van der Waals surface area contributed by atoms with Crippen LogP contribution in [0.5, 0.6) is 17.2 Å². The van der Waals surface area contributed by atoms with Crippen molar-refractivity contribution in [3.05, 3.63) is 11.1 Å². The van der Waals surface area contributed by atoms with Gasteiger partial charge in [-0.2, -0.15) is 8.42 Å². The minimum atomic E-state index is -4.66. The fourth-order valence-corrected chi connectivity index (χ4v) is 7.67. The number of methoxy groups -OCH3 is 1. The molecule has 1 aliphatic rings. The Morgan fingerprint density at radius 3 is 2.21 bits per heavy atom. The van der Waals surface area contributed by atoms with Gasteiger partial charge in [0.05, 0.1) is 13.7 Å². The van der Waals surface area contributed by atoms with Crippen LogP contribution >= 0.6 is 0 Å². The Labute approximate surface area is 200 Å². The molecule has 0 saturated heterocycles. The number of rotatable bonds is 8. The number of hydrogen-bond acceptors (Lipinski definition) is 5. The summed E-state index contributed by atoms with van der Waals surface area (Å²) in [5.41, 5.74) is 0.681. The molecule has 0 saturated carbocycles. The molecule has 1 aromatic carbocycles. The minimum Gasteiger partial charge on any atom is -0.502 e. The molecule has 2 unspecified atom stereocenters. The number of ether oxygens (including phenoxy) is 2. The van der Waals surface area contributed by atoms with E-state index in [-0.39, 0.29) is 44.3 Å². The molecule has 1 heterocycles. The van der Waals surface area contributed by atoms with Crippen LogP contribution in [0.25, 0.3) is 0 Å². The lowest BCUT2D eigenvalue weighted by molar-refractivity contribution is 0.00716. The smallest absolute Gasteiger partial charge is 0.298 e. The summed E-state index contributed by atoms with van der Waals surface area (Å²) >= 11 is 0. The van der Waals surface area contributed by atoms with Crippen molar-refractivity contribution in [3.63, 3.8) is 0 Å². The van der Waals surface area contributed by atoms with Crippen molar-refractivity contribution in [2.75, 3.05) is 13.7 Å². The summed E-state index contributed by atoms with van der Waals surface area (Å²) in [4.78, 5) is -0.336. The van der Waals surface area contributed by atoms with E-state index in [0.29, 0.717) is 36.5 Å². The predicted octanol–water partition coefficient (Wildman–Crippen LogP) is 6.59. The first-order chi connectivity index (χ1) is 14.9. The van der Waals surface area contributed by atoms with Crippen LogP contribution in [0.15, 0.2) is 4.90 Å². The minimum absolute atomic E-state index is 0.0338. The lowest BCUT2D eigenvalue weighted by Gasteiger charge is -2.53. The zero-order valence-corrected chi connectivity index (χ0v) is 22.9. The van der Waals surface area contributed by atoms with Crippen molar-refractivity contribution in [1.82, 2.24) is 0 Å². The van der Waals surface area contributed by atoms with Crippen molar-refractivity contribution < 1.29 is 27.6 Å². The van der Waals surface area contributed by atoms with Crippen LogP contribution in [0, 0.1) is 22.2 Å². The molecule has 0 fully saturated rings. The topological polar surface area (TPSA) is 93.1 Å². The molecule has 2 N–H and O–H groups in total. The van der Waals surface area contributed by atoms with Gasteiger partial charge >= 0.3 is 0 Å². The van der Waals surface area contributed by atoms with E-state index in [4.69, 9.17) is 9.47 Å². The summed E-state index contributed by atoms with van der Waals surface area (Å²) in [6.45, 7) is 20.0. The van der Waals surface area contributed by atoms with Gasteiger partial charge in [-0.25, -0.2) is 0 Å². The quantitative estimate of drug-likeness (QED) is 0.404. The third-order valence-electron chi connectivity index (χ3n) is 6.62. The highest BCUT2D eigenvalue weighted by Crippen LogP contribution is 2.63. The van der Waals surface area contributed by atoms with Crippen molar-refractivity contribution >= 4 is 10.1 Å². The zero-order valence-electron chi connectivity index (χ0n) is 22.1. The van der Waals surface area contributed by atoms with E-state index in [1.54, 1.807) is 0 Å². The van der Waals surface area contributed by atoms with Gasteiger partial charge < -0.3 is 14.6 Å². The number of fused-ring (bicyclic) bond motifs is 1. The second-order valence-corrected chi connectivity index (χ2v) is 13.7. The van der Waals surface area contributed by atoms with Crippen molar-refractivity contribution in [1.29, 1.82) is 0 Å². The summed E-state index contributed by atoms with van der Waals surface area (Å²) < 4.78 is 46.9. The highest BCUT2D eigenvalue weighted by molar-refractivity contribution is 7.86. The monoisotopic (exact) mass is 484 g/mol. The Hall–Kier alpha value is -1.47. The zero-order chi connectivity index (χ0) is 25.6. The Bertz CT molecular complexity index is 972. The van der Waals surface area contributed by atoms with E-state index < -0.39 is 10.1 Å². The standard InChI is InChI=1S/C26H44O6S/c1-11-12-17-18-20(19(27)21(31-10)22(17)33(28,29)30)32-15-26(9,13-16(2)3)23(18)25(7,8)14-24(4,5)6/h16,23,27H,11-15H2,1-10H3,(H,28,29,30). The van der Waals surface area contributed by atoms with Crippen LogP contribution in [0.4, 0.5) is 0 Å². The molecule has 0 amide bonds.